The summed E-state index contributed by atoms with van der Waals surface area (Å²) in [5.41, 5.74) is 1.98. The normalized spacial score (nSPS) is 20.0. The first kappa shape index (κ1) is 32.7. The highest BCUT2D eigenvalue weighted by molar-refractivity contribution is 6.87. The minimum atomic E-state index is -2.46. The molecule has 0 amide bonds. The van der Waals surface area contributed by atoms with E-state index in [0.717, 1.165) is 34.9 Å². The van der Waals surface area contributed by atoms with Gasteiger partial charge in [-0.15, -0.1) is 0 Å². The molecule has 2 atom stereocenters. The predicted molar refractivity (Wildman–Crippen MR) is 165 cm³/mol. The minimum Gasteiger partial charge on any atom is -0.497 e. The van der Waals surface area contributed by atoms with Crippen molar-refractivity contribution in [1.29, 1.82) is 5.26 Å². The van der Waals surface area contributed by atoms with Gasteiger partial charge in [0.25, 0.3) is 0 Å². The van der Waals surface area contributed by atoms with Crippen molar-refractivity contribution < 1.29 is 17.8 Å². The van der Waals surface area contributed by atoms with Crippen LogP contribution in [0.1, 0.15) is 52.2 Å². The van der Waals surface area contributed by atoms with Crippen LogP contribution in [0.4, 0.5) is 0 Å². The molecule has 0 saturated carbocycles. The molecule has 0 N–H and O–H groups in total. The Hall–Kier alpha value is -1.51. The van der Waals surface area contributed by atoms with E-state index in [1.165, 1.54) is 0 Å². The molecule has 5 nitrogen and oxygen atoms in total. The second kappa shape index (κ2) is 11.2. The maximum Gasteiger partial charge on any atom is 0.314 e. The quantitative estimate of drug-likeness (QED) is 0.152. The summed E-state index contributed by atoms with van der Waals surface area (Å²) in [7, 11) is -4.45. The van der Waals surface area contributed by atoms with Crippen LogP contribution in [0.25, 0.3) is 5.57 Å². The average molecular weight is 573 g/mol. The van der Waals surface area contributed by atoms with Gasteiger partial charge in [0, 0.05) is 5.41 Å². The minimum absolute atomic E-state index is 0.0161. The zero-order chi connectivity index (χ0) is 29.5. The Labute approximate surface area is 235 Å². The van der Waals surface area contributed by atoms with Crippen LogP contribution in [0.2, 0.25) is 51.9 Å². The number of Topliss-reactive ketones (excluding diaryl/α,β-unsaturated/α-hetero) is 1. The van der Waals surface area contributed by atoms with E-state index in [1.54, 1.807) is 21.0 Å². The number of hydrogen-bond donors (Lipinski definition) is 0. The second-order valence-electron chi connectivity index (χ2n) is 14.4. The fraction of sp³-hybridized carbons (Fsp3) is 0.633. The van der Waals surface area contributed by atoms with Gasteiger partial charge >= 0.3 is 8.56 Å². The fourth-order valence-electron chi connectivity index (χ4n) is 5.97. The molecule has 0 bridgehead atoms. The summed E-state index contributed by atoms with van der Waals surface area (Å²) < 4.78 is 19.2. The number of nitriles is 1. The van der Waals surface area contributed by atoms with Gasteiger partial charge in [0.05, 0.1) is 12.7 Å². The molecule has 38 heavy (non-hydrogen) atoms. The van der Waals surface area contributed by atoms with Gasteiger partial charge < -0.3 is 13.0 Å². The van der Waals surface area contributed by atoms with Crippen molar-refractivity contribution in [1.82, 2.24) is 0 Å². The Morgan fingerprint density at radius 1 is 1.11 bits per heavy atom. The van der Waals surface area contributed by atoms with Crippen molar-refractivity contribution >= 4 is 36.6 Å². The smallest absolute Gasteiger partial charge is 0.314 e. The summed E-state index contributed by atoms with van der Waals surface area (Å²) in [6.45, 7) is 29.9. The van der Waals surface area contributed by atoms with Crippen LogP contribution < -0.4 is 4.74 Å². The first-order valence-electron chi connectivity index (χ1n) is 13.7. The molecule has 1 aliphatic carbocycles. The van der Waals surface area contributed by atoms with Crippen molar-refractivity contribution in [2.24, 2.45) is 17.3 Å². The SMILES string of the molecule is [CH2]C(C)(C)C(=O)C(C#N)=C1c2ccc(OC)cc2C(C)(C)C1CC(C)C[Si](C)(O[Si](C)(C)C)O[Si](C)(C)C. The highest BCUT2D eigenvalue weighted by Gasteiger charge is 2.48. The van der Waals surface area contributed by atoms with Crippen LogP contribution in [-0.4, -0.2) is 38.1 Å². The number of ether oxygens (including phenoxy) is 1. The largest absolute Gasteiger partial charge is 0.497 e. The summed E-state index contributed by atoms with van der Waals surface area (Å²) in [4.78, 5) is 13.5. The summed E-state index contributed by atoms with van der Waals surface area (Å²) in [6.07, 6.45) is 0.821. The van der Waals surface area contributed by atoms with Crippen molar-refractivity contribution in [3.8, 4) is 11.8 Å². The molecule has 2 rings (SSSR count). The number of benzene rings is 1. The summed E-state index contributed by atoms with van der Waals surface area (Å²) in [6, 6.07) is 9.17. The molecule has 1 aliphatic rings. The van der Waals surface area contributed by atoms with Crippen molar-refractivity contribution in [3.63, 3.8) is 0 Å². The lowest BCUT2D eigenvalue weighted by atomic mass is 9.72. The molecule has 1 aromatic carbocycles. The van der Waals surface area contributed by atoms with E-state index < -0.39 is 30.6 Å². The van der Waals surface area contributed by atoms with Gasteiger partial charge in [-0.3, -0.25) is 4.79 Å². The van der Waals surface area contributed by atoms with Gasteiger partial charge in [-0.25, -0.2) is 0 Å². The molecule has 1 radical (unpaired) electrons. The number of fused-ring (bicyclic) bond motifs is 1. The van der Waals surface area contributed by atoms with E-state index in [9.17, 15) is 10.1 Å². The Morgan fingerprint density at radius 2 is 1.63 bits per heavy atom. The number of ketones is 1. The van der Waals surface area contributed by atoms with Crippen LogP contribution in [0.3, 0.4) is 0 Å². The number of carbonyl (C=O) groups is 1. The first-order valence-corrected chi connectivity index (χ1v) is 23.0. The van der Waals surface area contributed by atoms with Gasteiger partial charge in [-0.1, -0.05) is 40.7 Å². The van der Waals surface area contributed by atoms with Gasteiger partial charge in [0.1, 0.15) is 11.8 Å². The fourth-order valence-corrected chi connectivity index (χ4v) is 19.0. The van der Waals surface area contributed by atoms with Crippen LogP contribution in [0, 0.1) is 35.5 Å². The molecular formula is C30H50NO4Si3. The van der Waals surface area contributed by atoms with Gasteiger partial charge in [0.15, 0.2) is 22.4 Å². The van der Waals surface area contributed by atoms with E-state index in [0.29, 0.717) is 0 Å². The van der Waals surface area contributed by atoms with Gasteiger partial charge in [0.2, 0.25) is 0 Å². The topological polar surface area (TPSA) is 68.6 Å². The van der Waals surface area contributed by atoms with Crippen LogP contribution in [-0.2, 0) is 18.4 Å². The standard InChI is InChI=1S/C30H50NO4Si3/c1-21(20-38(14,34-36(8,9)10)35-37(11,12)13)17-26-27(24(19-31)28(32)29(2,3)4)23-16-15-22(33-7)18-25(23)30(26,5)6/h15-16,18,21,26H,2,17,20H2,1,3-14H3. The third kappa shape index (κ3) is 7.79. The van der Waals surface area contributed by atoms with E-state index in [1.807, 2.05) is 12.1 Å². The summed E-state index contributed by atoms with van der Waals surface area (Å²) in [5, 5.41) is 10.3. The zero-order valence-corrected chi connectivity index (χ0v) is 29.1. The molecule has 8 heteroatoms. The van der Waals surface area contributed by atoms with E-state index in [4.69, 9.17) is 13.0 Å². The molecule has 0 saturated heterocycles. The molecule has 1 aromatic rings. The van der Waals surface area contributed by atoms with Crippen LogP contribution >= 0.6 is 0 Å². The zero-order valence-electron chi connectivity index (χ0n) is 26.1. The molecule has 0 aliphatic heterocycles. The maximum absolute atomic E-state index is 13.5. The number of nitrogens with zero attached hydrogens (tertiary/aromatic N) is 1. The number of carbonyl (C=O) groups excluding carboxylic acids is 1. The second-order valence-corrected chi connectivity index (χ2v) is 27.2. The van der Waals surface area contributed by atoms with Gasteiger partial charge in [-0.05, 0) is 111 Å². The Bertz CT molecular complexity index is 1100. The lowest BCUT2D eigenvalue weighted by Crippen LogP contribution is -2.53. The Morgan fingerprint density at radius 3 is 2.05 bits per heavy atom. The maximum atomic E-state index is 13.5. The molecule has 0 aromatic heterocycles. The number of allylic oxidation sites excluding steroid dienone is 2. The van der Waals surface area contributed by atoms with E-state index in [-0.39, 0.29) is 28.6 Å². The molecule has 0 heterocycles. The van der Waals surface area contributed by atoms with Crippen molar-refractivity contribution in [2.75, 3.05) is 7.11 Å². The highest BCUT2D eigenvalue weighted by atomic mass is 28.5. The van der Waals surface area contributed by atoms with Crippen LogP contribution in [0.5, 0.6) is 5.75 Å². The average Bonchev–Trinajstić information content (AvgIpc) is 2.91. The number of methoxy groups -OCH3 is 1. The Kier molecular flexibility index (Phi) is 9.61. The van der Waals surface area contributed by atoms with Crippen molar-refractivity contribution in [3.05, 3.63) is 41.8 Å². The molecule has 211 valence electrons. The van der Waals surface area contributed by atoms with E-state index in [2.05, 4.69) is 85.7 Å². The molecular weight excluding hydrogens is 523 g/mol. The highest BCUT2D eigenvalue weighted by Crippen LogP contribution is 2.55. The monoisotopic (exact) mass is 572 g/mol. The first-order chi connectivity index (χ1) is 17.0. The Balaban J connectivity index is 2.63. The molecule has 0 fully saturated rings. The van der Waals surface area contributed by atoms with Crippen LogP contribution in [0.15, 0.2) is 23.8 Å². The summed E-state index contributed by atoms with van der Waals surface area (Å²) >= 11 is 0. The molecule has 0 spiro atoms. The summed E-state index contributed by atoms with van der Waals surface area (Å²) in [5.74, 6) is 0.824. The lowest BCUT2D eigenvalue weighted by molar-refractivity contribution is -0.120. The third-order valence-corrected chi connectivity index (χ3v) is 16.8. The third-order valence-electron chi connectivity index (χ3n) is 7.06. The van der Waals surface area contributed by atoms with E-state index >= 15 is 0 Å². The lowest BCUT2D eigenvalue weighted by Gasteiger charge is -2.41. The van der Waals surface area contributed by atoms with Gasteiger partial charge in [-0.2, -0.15) is 5.26 Å². The predicted octanol–water partition coefficient (Wildman–Crippen LogP) is 8.11. The molecule has 2 unspecified atom stereocenters. The number of rotatable bonds is 11. The van der Waals surface area contributed by atoms with Crippen molar-refractivity contribution in [2.45, 2.75) is 98.3 Å². The number of hydrogen-bond acceptors (Lipinski definition) is 5.